The highest BCUT2D eigenvalue weighted by atomic mass is 16.5. The van der Waals surface area contributed by atoms with E-state index in [1.165, 1.54) is 4.90 Å². The number of Topliss-reactive ketones (excluding diaryl/α,β-unsaturated/α-hetero) is 1. The maximum atomic E-state index is 14.2. The fraction of sp³-hybridized carbons (Fsp3) is 0.393. The van der Waals surface area contributed by atoms with Gasteiger partial charge in [0.25, 0.3) is 17.6 Å². The monoisotopic (exact) mass is 505 g/mol. The number of likely N-dealkylation sites (N-methyl/N-ethyl adjacent to an activating group) is 1. The van der Waals surface area contributed by atoms with Crippen LogP contribution >= 0.6 is 0 Å². The van der Waals surface area contributed by atoms with E-state index in [1.54, 1.807) is 41.3 Å². The van der Waals surface area contributed by atoms with E-state index in [2.05, 4.69) is 4.90 Å². The molecule has 0 radical (unpaired) electrons. The van der Waals surface area contributed by atoms with Crippen molar-refractivity contribution in [2.75, 3.05) is 57.4 Å². The van der Waals surface area contributed by atoms with E-state index < -0.39 is 23.1 Å². The van der Waals surface area contributed by atoms with Gasteiger partial charge in [0.2, 0.25) is 0 Å². The number of carbonyl (C=O) groups is 3. The Hall–Kier alpha value is -3.69. The SMILES string of the molecule is CCOc1ccc(/C(O)=C2\C(=O)C(=O)N(CCN3CCOCC3)C23C(=O)N(CC)c2ccccc23)cc1. The number of morpholine rings is 1. The average Bonchev–Trinajstić information content (AvgIpc) is 3.30. The van der Waals surface area contributed by atoms with Crippen LogP contribution in [0, 0.1) is 0 Å². The molecule has 0 aromatic heterocycles. The summed E-state index contributed by atoms with van der Waals surface area (Å²) in [7, 11) is 0. The molecule has 2 aromatic rings. The van der Waals surface area contributed by atoms with Gasteiger partial charge in [-0.25, -0.2) is 0 Å². The predicted molar refractivity (Wildman–Crippen MR) is 137 cm³/mol. The van der Waals surface area contributed by atoms with Gasteiger partial charge >= 0.3 is 0 Å². The first-order valence-corrected chi connectivity index (χ1v) is 12.7. The van der Waals surface area contributed by atoms with Gasteiger partial charge in [0.15, 0.2) is 5.54 Å². The van der Waals surface area contributed by atoms with Gasteiger partial charge in [0.05, 0.1) is 31.1 Å². The average molecular weight is 506 g/mol. The molecule has 37 heavy (non-hydrogen) atoms. The highest BCUT2D eigenvalue weighted by Gasteiger charge is 2.66. The number of benzene rings is 2. The summed E-state index contributed by atoms with van der Waals surface area (Å²) in [5.41, 5.74) is -0.455. The van der Waals surface area contributed by atoms with Gasteiger partial charge in [-0.1, -0.05) is 18.2 Å². The van der Waals surface area contributed by atoms with E-state index in [4.69, 9.17) is 9.47 Å². The molecule has 2 fully saturated rings. The van der Waals surface area contributed by atoms with Gasteiger partial charge in [-0.05, 0) is 44.2 Å². The Balaban J connectivity index is 1.67. The van der Waals surface area contributed by atoms with Gasteiger partial charge in [-0.15, -0.1) is 0 Å². The third-order valence-corrected chi connectivity index (χ3v) is 7.31. The lowest BCUT2D eigenvalue weighted by molar-refractivity contribution is -0.144. The minimum Gasteiger partial charge on any atom is -0.507 e. The van der Waals surface area contributed by atoms with Crippen molar-refractivity contribution in [1.82, 2.24) is 9.80 Å². The zero-order valence-corrected chi connectivity index (χ0v) is 21.1. The minimum absolute atomic E-state index is 0.155. The lowest BCUT2D eigenvalue weighted by Gasteiger charge is -2.36. The first kappa shape index (κ1) is 25.0. The number of rotatable bonds is 7. The van der Waals surface area contributed by atoms with E-state index in [9.17, 15) is 19.5 Å². The summed E-state index contributed by atoms with van der Waals surface area (Å²) in [5.74, 6) is -1.84. The molecule has 3 heterocycles. The molecule has 1 atom stereocenters. The summed E-state index contributed by atoms with van der Waals surface area (Å²) >= 11 is 0. The molecule has 3 aliphatic rings. The second kappa shape index (κ2) is 9.99. The molecule has 1 spiro atoms. The number of fused-ring (bicyclic) bond motifs is 2. The molecule has 0 aliphatic carbocycles. The van der Waals surface area contributed by atoms with Crippen LogP contribution in [0.1, 0.15) is 25.0 Å². The van der Waals surface area contributed by atoms with Gasteiger partial charge < -0.3 is 24.4 Å². The lowest BCUT2D eigenvalue weighted by atomic mass is 9.82. The van der Waals surface area contributed by atoms with Crippen molar-refractivity contribution in [3.8, 4) is 5.75 Å². The summed E-state index contributed by atoms with van der Waals surface area (Å²) in [6.07, 6.45) is 0. The van der Waals surface area contributed by atoms with E-state index in [-0.39, 0.29) is 17.9 Å². The van der Waals surface area contributed by atoms with Crippen LogP contribution in [0.4, 0.5) is 5.69 Å². The molecular formula is C28H31N3O6. The Morgan fingerprint density at radius 3 is 2.38 bits per heavy atom. The Bertz CT molecular complexity index is 1250. The van der Waals surface area contributed by atoms with Gasteiger partial charge in [-0.2, -0.15) is 0 Å². The van der Waals surface area contributed by atoms with Crippen LogP contribution in [0.2, 0.25) is 0 Å². The highest BCUT2D eigenvalue weighted by Crippen LogP contribution is 2.53. The zero-order chi connectivity index (χ0) is 26.2. The van der Waals surface area contributed by atoms with E-state index in [0.717, 1.165) is 0 Å². The molecule has 0 saturated carbocycles. The minimum atomic E-state index is -1.74. The quantitative estimate of drug-likeness (QED) is 0.350. The predicted octanol–water partition coefficient (Wildman–Crippen LogP) is 2.36. The van der Waals surface area contributed by atoms with Gasteiger partial charge in [-0.3, -0.25) is 19.3 Å². The maximum Gasteiger partial charge on any atom is 0.296 e. The molecule has 2 aromatic carbocycles. The number of aliphatic hydroxyl groups excluding tert-OH is 1. The molecule has 2 amide bonds. The molecule has 1 N–H and O–H groups in total. The molecule has 9 heteroatoms. The summed E-state index contributed by atoms with van der Waals surface area (Å²) in [6.45, 7) is 7.77. The van der Waals surface area contributed by atoms with E-state index in [1.807, 2.05) is 26.0 Å². The van der Waals surface area contributed by atoms with Crippen molar-refractivity contribution in [1.29, 1.82) is 0 Å². The van der Waals surface area contributed by atoms with Crippen LogP contribution in [0.5, 0.6) is 5.75 Å². The van der Waals surface area contributed by atoms with Crippen LogP contribution in [0.15, 0.2) is 54.1 Å². The first-order chi connectivity index (χ1) is 17.9. The number of para-hydroxylation sites is 1. The smallest absolute Gasteiger partial charge is 0.296 e. The molecule has 194 valence electrons. The van der Waals surface area contributed by atoms with Crippen molar-refractivity contribution < 1.29 is 29.0 Å². The summed E-state index contributed by atoms with van der Waals surface area (Å²) in [6, 6.07) is 13.8. The second-order valence-corrected chi connectivity index (χ2v) is 9.20. The summed E-state index contributed by atoms with van der Waals surface area (Å²) < 4.78 is 10.9. The Kier molecular flexibility index (Phi) is 6.74. The number of hydrogen-bond donors (Lipinski definition) is 1. The Morgan fingerprint density at radius 1 is 1.00 bits per heavy atom. The van der Waals surface area contributed by atoms with Crippen LogP contribution in [0.3, 0.4) is 0 Å². The van der Waals surface area contributed by atoms with Crippen molar-refractivity contribution >= 4 is 29.0 Å². The number of ketones is 1. The summed E-state index contributed by atoms with van der Waals surface area (Å²) in [4.78, 5) is 46.5. The number of ether oxygens (including phenoxy) is 2. The molecular weight excluding hydrogens is 474 g/mol. The number of likely N-dealkylation sites (tertiary alicyclic amines) is 1. The topological polar surface area (TPSA) is 99.6 Å². The Labute approximate surface area is 215 Å². The van der Waals surface area contributed by atoms with Crippen LogP contribution < -0.4 is 9.64 Å². The maximum absolute atomic E-state index is 14.2. The fourth-order valence-electron chi connectivity index (χ4n) is 5.57. The number of anilines is 1. The molecule has 9 nitrogen and oxygen atoms in total. The number of hydrogen-bond acceptors (Lipinski definition) is 7. The fourth-order valence-corrected chi connectivity index (χ4v) is 5.57. The van der Waals surface area contributed by atoms with Crippen LogP contribution in [0.25, 0.3) is 5.76 Å². The normalized spacial score (nSPS) is 23.2. The number of amides is 2. The van der Waals surface area contributed by atoms with E-state index >= 15 is 0 Å². The van der Waals surface area contributed by atoms with Crippen molar-refractivity contribution in [2.45, 2.75) is 19.4 Å². The molecule has 1 unspecified atom stereocenters. The van der Waals surface area contributed by atoms with Gasteiger partial charge in [0, 0.05) is 43.9 Å². The number of carbonyl (C=O) groups excluding carboxylic acids is 3. The Morgan fingerprint density at radius 2 is 1.70 bits per heavy atom. The molecule has 0 bridgehead atoms. The van der Waals surface area contributed by atoms with Crippen LogP contribution in [-0.4, -0.2) is 85.0 Å². The van der Waals surface area contributed by atoms with Gasteiger partial charge in [0.1, 0.15) is 11.5 Å². The van der Waals surface area contributed by atoms with Crippen molar-refractivity contribution in [3.63, 3.8) is 0 Å². The van der Waals surface area contributed by atoms with Crippen molar-refractivity contribution in [2.24, 2.45) is 0 Å². The van der Waals surface area contributed by atoms with Crippen LogP contribution in [-0.2, 0) is 24.7 Å². The first-order valence-electron chi connectivity index (χ1n) is 12.7. The second-order valence-electron chi connectivity index (χ2n) is 9.20. The zero-order valence-electron chi connectivity index (χ0n) is 21.1. The van der Waals surface area contributed by atoms with E-state index in [0.29, 0.717) is 68.6 Å². The number of nitrogens with zero attached hydrogens (tertiary/aromatic N) is 3. The third kappa shape index (κ3) is 3.89. The standard InChI is InChI=1S/C28H31N3O6/c1-3-30-22-8-6-5-7-21(22)28(27(30)35)23(24(32)19-9-11-20(12-10-19)37-4-2)25(33)26(34)31(28)14-13-29-15-17-36-18-16-29/h5-12,32H,3-4,13-18H2,1-2H3/b24-23-. The highest BCUT2D eigenvalue weighted by molar-refractivity contribution is 6.50. The third-order valence-electron chi connectivity index (χ3n) is 7.31. The summed E-state index contributed by atoms with van der Waals surface area (Å²) in [5, 5.41) is 11.5. The largest absolute Gasteiger partial charge is 0.507 e. The lowest BCUT2D eigenvalue weighted by Crippen LogP contribution is -2.54. The molecule has 3 aliphatic heterocycles. The number of aliphatic hydroxyl groups is 1. The molecule has 5 rings (SSSR count). The van der Waals surface area contributed by atoms with Crippen molar-refractivity contribution in [3.05, 3.63) is 65.2 Å². The molecule has 2 saturated heterocycles.